The molecule has 0 fully saturated rings. The van der Waals surface area contributed by atoms with E-state index in [1.165, 1.54) is 5.56 Å². The van der Waals surface area contributed by atoms with Gasteiger partial charge in [0, 0.05) is 30.2 Å². The Hall–Kier alpha value is -1.25. The Morgan fingerprint density at radius 1 is 1.11 bits per heavy atom. The van der Waals surface area contributed by atoms with E-state index in [2.05, 4.69) is 9.88 Å². The number of aryl methyl sites for hydroxylation is 1. The average Bonchev–Trinajstić information content (AvgIpc) is 2.41. The largest absolute Gasteiger partial charge is 0.355 e. The van der Waals surface area contributed by atoms with Crippen molar-refractivity contribution in [2.75, 3.05) is 11.9 Å². The second-order valence-corrected chi connectivity index (χ2v) is 5.23. The fourth-order valence-electron chi connectivity index (χ4n) is 1.88. The van der Waals surface area contributed by atoms with Crippen molar-refractivity contribution >= 4 is 29.0 Å². The number of alkyl halides is 1. The molecule has 19 heavy (non-hydrogen) atoms. The molecule has 2 nitrogen and oxygen atoms in total. The van der Waals surface area contributed by atoms with Crippen molar-refractivity contribution in [3.63, 3.8) is 0 Å². The molecule has 0 N–H and O–H groups in total. The molecule has 2 rings (SSSR count). The van der Waals surface area contributed by atoms with E-state index in [0.29, 0.717) is 5.88 Å². The van der Waals surface area contributed by atoms with Gasteiger partial charge in [0.05, 0.1) is 0 Å². The monoisotopic (exact) mass is 294 g/mol. The molecule has 100 valence electrons. The minimum atomic E-state index is 0.500. The molecule has 1 heterocycles. The molecule has 0 spiro atoms. The van der Waals surface area contributed by atoms with Crippen molar-refractivity contribution in [1.82, 2.24) is 4.98 Å². The first-order chi connectivity index (χ1) is 9.10. The zero-order chi connectivity index (χ0) is 13.8. The molecule has 1 aromatic carbocycles. The number of rotatable bonds is 4. The standard InChI is InChI=1S/C15H16Cl2N2/c1-11-13(9-16)5-8-15(18-11)19(2)10-12-3-6-14(17)7-4-12/h3-8H,9-10H2,1-2H3. The van der Waals surface area contributed by atoms with Crippen molar-refractivity contribution in [3.8, 4) is 0 Å². The van der Waals surface area contributed by atoms with Crippen LogP contribution in [0.25, 0.3) is 0 Å². The lowest BCUT2D eigenvalue weighted by Gasteiger charge is -2.19. The first-order valence-electron chi connectivity index (χ1n) is 6.08. The minimum absolute atomic E-state index is 0.500. The number of pyridine rings is 1. The molecule has 0 aliphatic carbocycles. The summed E-state index contributed by atoms with van der Waals surface area (Å²) in [6, 6.07) is 11.9. The zero-order valence-electron chi connectivity index (χ0n) is 11.0. The Bertz CT molecular complexity index is 553. The summed E-state index contributed by atoms with van der Waals surface area (Å²) in [5.41, 5.74) is 3.26. The van der Waals surface area contributed by atoms with Crippen LogP contribution in [0, 0.1) is 6.92 Å². The molecular formula is C15H16Cl2N2. The van der Waals surface area contributed by atoms with E-state index in [1.54, 1.807) is 0 Å². The second kappa shape index (κ2) is 6.27. The first-order valence-corrected chi connectivity index (χ1v) is 6.99. The summed E-state index contributed by atoms with van der Waals surface area (Å²) in [4.78, 5) is 6.68. The molecule has 2 aromatic rings. The highest BCUT2D eigenvalue weighted by atomic mass is 35.5. The van der Waals surface area contributed by atoms with E-state index in [0.717, 1.165) is 28.6 Å². The van der Waals surface area contributed by atoms with Gasteiger partial charge in [-0.2, -0.15) is 0 Å². The zero-order valence-corrected chi connectivity index (χ0v) is 12.5. The summed E-state index contributed by atoms with van der Waals surface area (Å²) in [7, 11) is 2.02. The van der Waals surface area contributed by atoms with Gasteiger partial charge in [-0.1, -0.05) is 29.8 Å². The third-order valence-electron chi connectivity index (χ3n) is 3.05. The van der Waals surface area contributed by atoms with Crippen LogP contribution < -0.4 is 4.90 Å². The van der Waals surface area contributed by atoms with Gasteiger partial charge in [0.1, 0.15) is 5.82 Å². The van der Waals surface area contributed by atoms with Crippen LogP contribution in [-0.2, 0) is 12.4 Å². The van der Waals surface area contributed by atoms with Crippen LogP contribution in [0.1, 0.15) is 16.8 Å². The third kappa shape index (κ3) is 3.62. The van der Waals surface area contributed by atoms with Crippen LogP contribution in [0.4, 0.5) is 5.82 Å². The number of benzene rings is 1. The van der Waals surface area contributed by atoms with Crippen molar-refractivity contribution in [2.45, 2.75) is 19.3 Å². The van der Waals surface area contributed by atoms with Crippen LogP contribution in [0.3, 0.4) is 0 Å². The van der Waals surface area contributed by atoms with Crippen molar-refractivity contribution in [2.24, 2.45) is 0 Å². The molecule has 0 saturated carbocycles. The topological polar surface area (TPSA) is 16.1 Å². The number of halogens is 2. The SMILES string of the molecule is Cc1nc(N(C)Cc2ccc(Cl)cc2)ccc1CCl. The Morgan fingerprint density at radius 3 is 2.37 bits per heavy atom. The molecule has 0 aliphatic heterocycles. The van der Waals surface area contributed by atoms with Crippen LogP contribution in [-0.4, -0.2) is 12.0 Å². The minimum Gasteiger partial charge on any atom is -0.355 e. The average molecular weight is 295 g/mol. The Kier molecular flexibility index (Phi) is 4.67. The molecule has 0 atom stereocenters. The highest BCUT2D eigenvalue weighted by molar-refractivity contribution is 6.30. The van der Waals surface area contributed by atoms with Crippen molar-refractivity contribution < 1.29 is 0 Å². The maximum Gasteiger partial charge on any atom is 0.128 e. The van der Waals surface area contributed by atoms with Crippen LogP contribution in [0.2, 0.25) is 5.02 Å². The van der Waals surface area contributed by atoms with Gasteiger partial charge in [-0.3, -0.25) is 0 Å². The van der Waals surface area contributed by atoms with E-state index in [4.69, 9.17) is 23.2 Å². The molecule has 0 aliphatic rings. The van der Waals surface area contributed by atoms with Gasteiger partial charge in [0.15, 0.2) is 0 Å². The van der Waals surface area contributed by atoms with E-state index >= 15 is 0 Å². The molecule has 0 radical (unpaired) electrons. The maximum absolute atomic E-state index is 5.88. The predicted octanol–water partition coefficient (Wildman–Crippen LogP) is 4.42. The molecule has 1 aromatic heterocycles. The lowest BCUT2D eigenvalue weighted by molar-refractivity contribution is 0.889. The Balaban J connectivity index is 2.13. The third-order valence-corrected chi connectivity index (χ3v) is 3.59. The van der Waals surface area contributed by atoms with Gasteiger partial charge in [0.2, 0.25) is 0 Å². The first kappa shape index (κ1) is 14.2. The number of nitrogens with zero attached hydrogens (tertiary/aromatic N) is 2. The Labute approximate surface area is 124 Å². The van der Waals surface area contributed by atoms with Gasteiger partial charge in [-0.05, 0) is 36.2 Å². The van der Waals surface area contributed by atoms with Crippen molar-refractivity contribution in [1.29, 1.82) is 0 Å². The summed E-state index contributed by atoms with van der Waals surface area (Å²) in [6.45, 7) is 2.78. The number of anilines is 1. The van der Waals surface area contributed by atoms with Crippen molar-refractivity contribution in [3.05, 3.63) is 58.2 Å². The smallest absolute Gasteiger partial charge is 0.128 e. The summed E-state index contributed by atoms with van der Waals surface area (Å²) in [5, 5.41) is 0.756. The van der Waals surface area contributed by atoms with Gasteiger partial charge in [-0.15, -0.1) is 11.6 Å². The summed E-state index contributed by atoms with van der Waals surface area (Å²) < 4.78 is 0. The predicted molar refractivity (Wildman–Crippen MR) is 82.1 cm³/mol. The number of hydrogen-bond donors (Lipinski definition) is 0. The molecule has 0 unspecified atom stereocenters. The maximum atomic E-state index is 5.88. The van der Waals surface area contributed by atoms with Crippen LogP contribution >= 0.6 is 23.2 Å². The lowest BCUT2D eigenvalue weighted by Crippen LogP contribution is -2.18. The van der Waals surface area contributed by atoms with Gasteiger partial charge in [-0.25, -0.2) is 4.98 Å². The summed E-state index contributed by atoms with van der Waals surface area (Å²) in [5.74, 6) is 1.45. The molecule has 0 amide bonds. The Morgan fingerprint density at radius 2 is 1.79 bits per heavy atom. The molecule has 0 saturated heterocycles. The van der Waals surface area contributed by atoms with Gasteiger partial charge < -0.3 is 4.90 Å². The quantitative estimate of drug-likeness (QED) is 0.776. The summed E-state index contributed by atoms with van der Waals surface area (Å²) in [6.07, 6.45) is 0. The highest BCUT2D eigenvalue weighted by Gasteiger charge is 2.06. The normalized spacial score (nSPS) is 10.5. The lowest BCUT2D eigenvalue weighted by atomic mass is 10.2. The second-order valence-electron chi connectivity index (χ2n) is 4.53. The van der Waals surface area contributed by atoms with Crippen LogP contribution in [0.5, 0.6) is 0 Å². The fraction of sp³-hybridized carbons (Fsp3) is 0.267. The fourth-order valence-corrected chi connectivity index (χ4v) is 2.28. The molecule has 4 heteroatoms. The molecular weight excluding hydrogens is 279 g/mol. The summed E-state index contributed by atoms with van der Waals surface area (Å²) >= 11 is 11.7. The van der Waals surface area contributed by atoms with Crippen LogP contribution in [0.15, 0.2) is 36.4 Å². The molecule has 0 bridgehead atoms. The highest BCUT2D eigenvalue weighted by Crippen LogP contribution is 2.18. The van der Waals surface area contributed by atoms with Gasteiger partial charge >= 0.3 is 0 Å². The van der Waals surface area contributed by atoms with E-state index in [1.807, 2.05) is 50.4 Å². The van der Waals surface area contributed by atoms with E-state index in [9.17, 15) is 0 Å². The number of hydrogen-bond acceptors (Lipinski definition) is 2. The van der Waals surface area contributed by atoms with E-state index < -0.39 is 0 Å². The van der Waals surface area contributed by atoms with E-state index in [-0.39, 0.29) is 0 Å². The van der Waals surface area contributed by atoms with Gasteiger partial charge in [0.25, 0.3) is 0 Å². The number of aromatic nitrogens is 1.